The third-order valence-corrected chi connectivity index (χ3v) is 1.49. The van der Waals surface area contributed by atoms with Crippen molar-refractivity contribution < 1.29 is 9.90 Å². The summed E-state index contributed by atoms with van der Waals surface area (Å²) in [6, 6.07) is 1.91. The zero-order valence-electron chi connectivity index (χ0n) is 6.93. The van der Waals surface area contributed by atoms with Gasteiger partial charge in [0.05, 0.1) is 17.5 Å². The van der Waals surface area contributed by atoms with E-state index in [1.165, 1.54) is 17.0 Å². The van der Waals surface area contributed by atoms with Gasteiger partial charge in [0.1, 0.15) is 6.07 Å². The standard InChI is InChI=1S/C8H7N3O2/c1-11-7(2-3-8(12)13)6(4-9)5-10-11/h2-3,5H,1H3,(H,12,13)/b3-2+. The third kappa shape index (κ3) is 1.93. The van der Waals surface area contributed by atoms with E-state index in [0.29, 0.717) is 11.3 Å². The molecule has 1 rings (SSSR count). The quantitative estimate of drug-likeness (QED) is 0.662. The van der Waals surface area contributed by atoms with Crippen molar-refractivity contribution in [2.24, 2.45) is 7.05 Å². The number of aliphatic carboxylic acids is 1. The number of aromatic nitrogens is 2. The van der Waals surface area contributed by atoms with Gasteiger partial charge < -0.3 is 5.11 Å². The Balaban J connectivity index is 3.07. The van der Waals surface area contributed by atoms with Crippen LogP contribution >= 0.6 is 0 Å². The van der Waals surface area contributed by atoms with Gasteiger partial charge in [-0.1, -0.05) is 0 Å². The zero-order valence-corrected chi connectivity index (χ0v) is 6.93. The first-order chi connectivity index (χ1) is 6.15. The summed E-state index contributed by atoms with van der Waals surface area (Å²) in [5.41, 5.74) is 0.852. The van der Waals surface area contributed by atoms with Gasteiger partial charge in [0.15, 0.2) is 0 Å². The second-order valence-electron chi connectivity index (χ2n) is 2.35. The number of carbonyl (C=O) groups is 1. The van der Waals surface area contributed by atoms with Crippen molar-refractivity contribution in [3.8, 4) is 6.07 Å². The molecule has 1 heterocycles. The Morgan fingerprint density at radius 1 is 1.85 bits per heavy atom. The monoisotopic (exact) mass is 177 g/mol. The van der Waals surface area contributed by atoms with Crippen LogP contribution in [0.2, 0.25) is 0 Å². The highest BCUT2D eigenvalue weighted by Gasteiger charge is 2.03. The Labute approximate surface area is 74.5 Å². The van der Waals surface area contributed by atoms with Gasteiger partial charge in [-0.15, -0.1) is 0 Å². The van der Waals surface area contributed by atoms with Gasteiger partial charge in [-0.05, 0) is 6.08 Å². The highest BCUT2D eigenvalue weighted by atomic mass is 16.4. The van der Waals surface area contributed by atoms with Gasteiger partial charge in [-0.3, -0.25) is 4.68 Å². The van der Waals surface area contributed by atoms with E-state index in [0.717, 1.165) is 6.08 Å². The number of carboxylic acids is 1. The molecule has 1 aromatic rings. The van der Waals surface area contributed by atoms with Crippen molar-refractivity contribution in [3.63, 3.8) is 0 Å². The molecule has 0 atom stereocenters. The summed E-state index contributed by atoms with van der Waals surface area (Å²) in [6.45, 7) is 0. The second kappa shape index (κ2) is 3.54. The number of nitriles is 1. The molecule has 5 heteroatoms. The Bertz CT molecular complexity index is 398. The fourth-order valence-electron chi connectivity index (χ4n) is 0.881. The van der Waals surface area contributed by atoms with E-state index in [-0.39, 0.29) is 0 Å². The average Bonchev–Trinajstić information content (AvgIpc) is 2.43. The van der Waals surface area contributed by atoms with Crippen LogP contribution in [0.4, 0.5) is 0 Å². The normalized spacial score (nSPS) is 10.2. The molecule has 0 aromatic carbocycles. The first-order valence-electron chi connectivity index (χ1n) is 3.48. The van der Waals surface area contributed by atoms with Crippen molar-refractivity contribution in [3.05, 3.63) is 23.5 Å². The smallest absolute Gasteiger partial charge is 0.328 e. The van der Waals surface area contributed by atoms with Gasteiger partial charge in [0.25, 0.3) is 0 Å². The molecular weight excluding hydrogens is 170 g/mol. The molecule has 0 saturated heterocycles. The fourth-order valence-corrected chi connectivity index (χ4v) is 0.881. The molecular formula is C8H7N3O2. The maximum Gasteiger partial charge on any atom is 0.328 e. The first kappa shape index (κ1) is 9.00. The van der Waals surface area contributed by atoms with Crippen molar-refractivity contribution in [2.75, 3.05) is 0 Å². The van der Waals surface area contributed by atoms with Crippen LogP contribution in [-0.4, -0.2) is 20.9 Å². The number of aryl methyl sites for hydroxylation is 1. The Kier molecular flexibility index (Phi) is 2.45. The fraction of sp³-hybridized carbons (Fsp3) is 0.125. The van der Waals surface area contributed by atoms with Crippen LogP contribution in [0, 0.1) is 11.3 Å². The van der Waals surface area contributed by atoms with Crippen molar-refractivity contribution >= 4 is 12.0 Å². The van der Waals surface area contributed by atoms with E-state index < -0.39 is 5.97 Å². The number of hydrogen-bond donors (Lipinski definition) is 1. The molecule has 5 nitrogen and oxygen atoms in total. The van der Waals surface area contributed by atoms with Crippen LogP contribution in [0.3, 0.4) is 0 Å². The van der Waals surface area contributed by atoms with E-state index in [2.05, 4.69) is 5.10 Å². The number of rotatable bonds is 2. The predicted octanol–water partition coefficient (Wildman–Crippen LogP) is 0.390. The number of carboxylic acid groups (broad SMARTS) is 1. The van der Waals surface area contributed by atoms with E-state index in [1.54, 1.807) is 7.05 Å². The Morgan fingerprint density at radius 2 is 2.54 bits per heavy atom. The highest BCUT2D eigenvalue weighted by Crippen LogP contribution is 2.07. The van der Waals surface area contributed by atoms with Gasteiger partial charge in [-0.2, -0.15) is 10.4 Å². The van der Waals surface area contributed by atoms with Gasteiger partial charge in [-0.25, -0.2) is 4.79 Å². The molecule has 1 aromatic heterocycles. The molecule has 0 saturated carbocycles. The van der Waals surface area contributed by atoms with Gasteiger partial charge in [0, 0.05) is 13.1 Å². The SMILES string of the molecule is Cn1ncc(C#N)c1/C=C/C(=O)O. The zero-order chi connectivity index (χ0) is 9.84. The highest BCUT2D eigenvalue weighted by molar-refractivity contribution is 5.85. The van der Waals surface area contributed by atoms with Crippen molar-refractivity contribution in [2.45, 2.75) is 0 Å². The lowest BCUT2D eigenvalue weighted by molar-refractivity contribution is -0.131. The summed E-state index contributed by atoms with van der Waals surface area (Å²) in [5.74, 6) is -1.05. The average molecular weight is 177 g/mol. The molecule has 0 bridgehead atoms. The van der Waals surface area contributed by atoms with Crippen LogP contribution in [0.15, 0.2) is 12.3 Å². The third-order valence-electron chi connectivity index (χ3n) is 1.49. The molecule has 0 spiro atoms. The van der Waals surface area contributed by atoms with E-state index in [4.69, 9.17) is 10.4 Å². The molecule has 0 fully saturated rings. The lowest BCUT2D eigenvalue weighted by Crippen LogP contribution is -1.95. The minimum absolute atomic E-state index is 0.361. The largest absolute Gasteiger partial charge is 0.478 e. The lowest BCUT2D eigenvalue weighted by Gasteiger charge is -1.92. The lowest BCUT2D eigenvalue weighted by atomic mass is 10.2. The van der Waals surface area contributed by atoms with Crippen LogP contribution in [0.5, 0.6) is 0 Å². The summed E-state index contributed by atoms with van der Waals surface area (Å²) in [5, 5.41) is 20.8. The van der Waals surface area contributed by atoms with E-state index in [9.17, 15) is 4.79 Å². The minimum Gasteiger partial charge on any atom is -0.478 e. The molecule has 0 aliphatic carbocycles. The first-order valence-corrected chi connectivity index (χ1v) is 3.48. The van der Waals surface area contributed by atoms with Gasteiger partial charge in [0.2, 0.25) is 0 Å². The summed E-state index contributed by atoms with van der Waals surface area (Å²) in [7, 11) is 1.64. The van der Waals surface area contributed by atoms with E-state index in [1.807, 2.05) is 6.07 Å². The topological polar surface area (TPSA) is 78.9 Å². The summed E-state index contributed by atoms with van der Waals surface area (Å²) in [4.78, 5) is 10.2. The van der Waals surface area contributed by atoms with Crippen LogP contribution in [0.25, 0.3) is 6.08 Å². The molecule has 0 amide bonds. The minimum atomic E-state index is -1.05. The van der Waals surface area contributed by atoms with Gasteiger partial charge >= 0.3 is 5.97 Å². The number of nitrogens with zero attached hydrogens (tertiary/aromatic N) is 3. The molecule has 0 aliphatic heterocycles. The maximum atomic E-state index is 10.2. The molecule has 1 N–H and O–H groups in total. The molecule has 0 aliphatic rings. The summed E-state index contributed by atoms with van der Waals surface area (Å²) < 4.78 is 1.44. The Morgan fingerprint density at radius 3 is 3.08 bits per heavy atom. The Hall–Kier alpha value is -2.09. The molecule has 0 radical (unpaired) electrons. The second-order valence-corrected chi connectivity index (χ2v) is 2.35. The summed E-state index contributed by atoms with van der Waals surface area (Å²) >= 11 is 0. The van der Waals surface area contributed by atoms with Crippen LogP contribution in [-0.2, 0) is 11.8 Å². The van der Waals surface area contributed by atoms with Crippen molar-refractivity contribution in [1.29, 1.82) is 5.26 Å². The maximum absolute atomic E-state index is 10.2. The van der Waals surface area contributed by atoms with Crippen molar-refractivity contribution in [1.82, 2.24) is 9.78 Å². The van der Waals surface area contributed by atoms with Crippen LogP contribution in [0.1, 0.15) is 11.3 Å². The van der Waals surface area contributed by atoms with Crippen LogP contribution < -0.4 is 0 Å². The summed E-state index contributed by atoms with van der Waals surface area (Å²) in [6.07, 6.45) is 3.70. The molecule has 0 unspecified atom stereocenters. The molecule has 13 heavy (non-hydrogen) atoms. The van der Waals surface area contributed by atoms with E-state index >= 15 is 0 Å². The predicted molar refractivity (Wildman–Crippen MR) is 44.6 cm³/mol. The number of hydrogen-bond acceptors (Lipinski definition) is 3. The molecule has 66 valence electrons.